The van der Waals surface area contributed by atoms with Crippen molar-refractivity contribution < 1.29 is 9.84 Å². The number of hydrogen-bond donors (Lipinski definition) is 1. The molecule has 7 heteroatoms. The third-order valence-electron chi connectivity index (χ3n) is 6.44. The molecule has 1 heterocycles. The van der Waals surface area contributed by atoms with Crippen molar-refractivity contribution in [2.45, 2.75) is 32.0 Å². The molecule has 0 spiro atoms. The van der Waals surface area contributed by atoms with Crippen LogP contribution in [0.15, 0.2) is 66.7 Å². The van der Waals surface area contributed by atoms with Crippen LogP contribution >= 0.6 is 23.2 Å². The Bertz CT molecular complexity index is 1180. The van der Waals surface area contributed by atoms with Crippen molar-refractivity contribution >= 4 is 34.6 Å². The van der Waals surface area contributed by atoms with Gasteiger partial charge in [-0.05, 0) is 49.2 Å². The minimum Gasteiger partial charge on any atom is -0.491 e. The first-order valence-corrected chi connectivity index (χ1v) is 12.5. The Hall–Kier alpha value is -2.75. The molecule has 3 atom stereocenters. The van der Waals surface area contributed by atoms with E-state index < -0.39 is 6.10 Å². The molecular formula is C28H29Cl2N3O2. The zero-order chi connectivity index (χ0) is 24.9. The van der Waals surface area contributed by atoms with E-state index >= 15 is 0 Å². The molecule has 0 aliphatic carbocycles. The summed E-state index contributed by atoms with van der Waals surface area (Å²) in [5.41, 5.74) is 3.96. The van der Waals surface area contributed by atoms with Crippen LogP contribution in [0.2, 0.25) is 10.0 Å². The summed E-state index contributed by atoms with van der Waals surface area (Å²) in [5.74, 6) is 0.637. The number of aliphatic hydroxyl groups excluding tert-OH is 1. The molecule has 1 saturated heterocycles. The van der Waals surface area contributed by atoms with Crippen molar-refractivity contribution in [2.75, 3.05) is 31.1 Å². The quantitative estimate of drug-likeness (QED) is 0.350. The summed E-state index contributed by atoms with van der Waals surface area (Å²) in [4.78, 5) is 8.32. The van der Waals surface area contributed by atoms with Crippen molar-refractivity contribution in [1.29, 1.82) is 0 Å². The number of aliphatic hydroxyl groups is 1. The molecule has 0 amide bonds. The van der Waals surface area contributed by atoms with E-state index in [2.05, 4.69) is 33.7 Å². The SMILES string of the molecule is [C-]#[N+]c1ccc([C@@H](C)N2CCN(c3ccc(OC[C@@H](C)O)cc3Cl)[C@H](c3ccc(Cl)cc3)C2)cc1. The molecule has 1 N–H and O–H groups in total. The molecule has 1 aliphatic heterocycles. The van der Waals surface area contributed by atoms with Gasteiger partial charge in [-0.25, -0.2) is 4.85 Å². The van der Waals surface area contributed by atoms with E-state index in [-0.39, 0.29) is 18.7 Å². The first-order valence-electron chi connectivity index (χ1n) is 11.7. The lowest BCUT2D eigenvalue weighted by Crippen LogP contribution is -2.49. The fraction of sp³-hybridized carbons (Fsp3) is 0.321. The fourth-order valence-electron chi connectivity index (χ4n) is 4.48. The van der Waals surface area contributed by atoms with Crippen LogP contribution in [-0.2, 0) is 0 Å². The number of benzene rings is 3. The molecule has 0 unspecified atom stereocenters. The highest BCUT2D eigenvalue weighted by Crippen LogP contribution is 2.39. The van der Waals surface area contributed by atoms with Gasteiger partial charge in [-0.3, -0.25) is 4.90 Å². The van der Waals surface area contributed by atoms with E-state index in [1.807, 2.05) is 54.6 Å². The summed E-state index contributed by atoms with van der Waals surface area (Å²) in [6.45, 7) is 13.8. The van der Waals surface area contributed by atoms with Crippen molar-refractivity contribution in [1.82, 2.24) is 4.90 Å². The van der Waals surface area contributed by atoms with Gasteiger partial charge in [-0.2, -0.15) is 0 Å². The maximum atomic E-state index is 9.51. The highest BCUT2D eigenvalue weighted by atomic mass is 35.5. The van der Waals surface area contributed by atoms with Gasteiger partial charge < -0.3 is 14.7 Å². The molecule has 0 aromatic heterocycles. The number of anilines is 1. The van der Waals surface area contributed by atoms with E-state index in [4.69, 9.17) is 34.5 Å². The van der Waals surface area contributed by atoms with E-state index in [9.17, 15) is 5.11 Å². The number of ether oxygens (including phenoxy) is 1. The van der Waals surface area contributed by atoms with Gasteiger partial charge in [0.05, 0.1) is 29.4 Å². The van der Waals surface area contributed by atoms with Gasteiger partial charge in [0.2, 0.25) is 0 Å². The maximum absolute atomic E-state index is 9.51. The van der Waals surface area contributed by atoms with Gasteiger partial charge in [-0.15, -0.1) is 0 Å². The van der Waals surface area contributed by atoms with Gasteiger partial charge in [-0.1, -0.05) is 59.6 Å². The number of piperazine rings is 1. The lowest BCUT2D eigenvalue weighted by atomic mass is 9.98. The summed E-state index contributed by atoms with van der Waals surface area (Å²) in [7, 11) is 0. The Balaban J connectivity index is 1.60. The second kappa shape index (κ2) is 11.3. The zero-order valence-electron chi connectivity index (χ0n) is 19.9. The van der Waals surface area contributed by atoms with Crippen molar-refractivity contribution in [3.05, 3.63) is 99.3 Å². The van der Waals surface area contributed by atoms with Gasteiger partial charge in [0.1, 0.15) is 12.4 Å². The molecule has 1 fully saturated rings. The van der Waals surface area contributed by atoms with Crippen molar-refractivity contribution in [2.24, 2.45) is 0 Å². The van der Waals surface area contributed by atoms with Crippen molar-refractivity contribution in [3.8, 4) is 5.75 Å². The Kier molecular flexibility index (Phi) is 8.20. The van der Waals surface area contributed by atoms with Crippen LogP contribution in [0.4, 0.5) is 11.4 Å². The molecule has 0 bridgehead atoms. The average molecular weight is 510 g/mol. The fourth-order valence-corrected chi connectivity index (χ4v) is 4.88. The molecule has 0 radical (unpaired) electrons. The van der Waals surface area contributed by atoms with Gasteiger partial charge in [0.25, 0.3) is 0 Å². The van der Waals surface area contributed by atoms with Crippen LogP contribution in [0, 0.1) is 6.57 Å². The van der Waals surface area contributed by atoms with E-state index in [0.29, 0.717) is 21.5 Å². The second-order valence-corrected chi connectivity index (χ2v) is 9.75. The minimum absolute atomic E-state index is 0.0766. The van der Waals surface area contributed by atoms with Gasteiger partial charge in [0.15, 0.2) is 5.69 Å². The maximum Gasteiger partial charge on any atom is 0.187 e. The van der Waals surface area contributed by atoms with Crippen LogP contribution in [0.3, 0.4) is 0 Å². The topological polar surface area (TPSA) is 40.3 Å². The van der Waals surface area contributed by atoms with E-state index in [1.54, 1.807) is 6.92 Å². The van der Waals surface area contributed by atoms with Gasteiger partial charge >= 0.3 is 0 Å². The normalized spacial score (nSPS) is 18.1. The second-order valence-electron chi connectivity index (χ2n) is 8.91. The summed E-state index contributed by atoms with van der Waals surface area (Å²) in [6.07, 6.45) is -0.546. The molecule has 0 saturated carbocycles. The Labute approximate surface area is 217 Å². The molecule has 182 valence electrons. The third-order valence-corrected chi connectivity index (χ3v) is 6.99. The molecule has 3 aromatic carbocycles. The molecule has 5 nitrogen and oxygen atoms in total. The predicted octanol–water partition coefficient (Wildman–Crippen LogP) is 6.93. The largest absolute Gasteiger partial charge is 0.491 e. The smallest absolute Gasteiger partial charge is 0.187 e. The summed E-state index contributed by atoms with van der Waals surface area (Å²) in [5, 5.41) is 10.8. The van der Waals surface area contributed by atoms with Crippen LogP contribution in [-0.4, -0.2) is 42.4 Å². The van der Waals surface area contributed by atoms with Crippen LogP contribution in [0.1, 0.15) is 37.1 Å². The highest BCUT2D eigenvalue weighted by Gasteiger charge is 2.32. The number of nitrogens with zero attached hydrogens (tertiary/aromatic N) is 3. The van der Waals surface area contributed by atoms with Crippen LogP contribution in [0.25, 0.3) is 4.85 Å². The Morgan fingerprint density at radius 2 is 1.74 bits per heavy atom. The molecule has 4 rings (SSSR count). The highest BCUT2D eigenvalue weighted by molar-refractivity contribution is 6.33. The van der Waals surface area contributed by atoms with Crippen LogP contribution in [0.5, 0.6) is 5.75 Å². The third kappa shape index (κ3) is 6.09. The standard InChI is InChI=1S/C28H29Cl2N3O2/c1-19(34)18-35-25-12-13-27(26(30)16-25)33-15-14-32(17-28(33)22-4-8-23(29)9-5-22)20(2)21-6-10-24(31-3)11-7-21/h4-13,16,19-20,28,34H,14-15,17-18H2,1-2H3/t19-,20-,28+/m1/s1. The summed E-state index contributed by atoms with van der Waals surface area (Å²) < 4.78 is 5.63. The zero-order valence-corrected chi connectivity index (χ0v) is 21.4. The number of halogens is 2. The Morgan fingerprint density at radius 3 is 2.37 bits per heavy atom. The van der Waals surface area contributed by atoms with E-state index in [0.717, 1.165) is 25.3 Å². The molecule has 35 heavy (non-hydrogen) atoms. The number of rotatable bonds is 7. The van der Waals surface area contributed by atoms with Crippen LogP contribution < -0.4 is 9.64 Å². The lowest BCUT2D eigenvalue weighted by molar-refractivity contribution is 0.122. The first kappa shape index (κ1) is 25.3. The molecule has 3 aromatic rings. The lowest BCUT2D eigenvalue weighted by Gasteiger charge is -2.45. The minimum atomic E-state index is -0.546. The number of hydrogen-bond acceptors (Lipinski definition) is 4. The summed E-state index contributed by atoms with van der Waals surface area (Å²) >= 11 is 12.9. The molecule has 1 aliphatic rings. The predicted molar refractivity (Wildman–Crippen MR) is 143 cm³/mol. The average Bonchev–Trinajstić information content (AvgIpc) is 2.87. The van der Waals surface area contributed by atoms with Gasteiger partial charge in [0, 0.05) is 36.8 Å². The van der Waals surface area contributed by atoms with E-state index in [1.165, 1.54) is 11.1 Å². The summed E-state index contributed by atoms with van der Waals surface area (Å²) in [6, 6.07) is 21.8. The molecular weight excluding hydrogens is 481 g/mol. The Morgan fingerprint density at radius 1 is 1.03 bits per heavy atom. The first-order chi connectivity index (χ1) is 16.9. The monoisotopic (exact) mass is 509 g/mol. The van der Waals surface area contributed by atoms with Crippen molar-refractivity contribution in [3.63, 3.8) is 0 Å².